The molecule has 0 radical (unpaired) electrons. The summed E-state index contributed by atoms with van der Waals surface area (Å²) in [5.74, 6) is 0. The molecule has 0 saturated heterocycles. The van der Waals surface area contributed by atoms with Gasteiger partial charge in [-0.1, -0.05) is 23.7 Å². The maximum atomic E-state index is 13.1. The fraction of sp³-hybridized carbons (Fsp3) is 0.294. The van der Waals surface area contributed by atoms with E-state index in [2.05, 4.69) is 4.72 Å². The van der Waals surface area contributed by atoms with Crippen molar-refractivity contribution in [2.45, 2.75) is 17.5 Å². The van der Waals surface area contributed by atoms with Crippen molar-refractivity contribution in [3.05, 3.63) is 58.6 Å². The molecular formula is C17H18ClF3N2O2S. The number of nitrogens with one attached hydrogen (secondary N) is 1. The van der Waals surface area contributed by atoms with E-state index in [4.69, 9.17) is 11.6 Å². The van der Waals surface area contributed by atoms with Crippen molar-refractivity contribution in [2.75, 3.05) is 25.5 Å². The summed E-state index contributed by atoms with van der Waals surface area (Å²) in [6.07, 6.45) is -4.47. The SMILES string of the molecule is CN(C)c1ccc(CCNS(=O)(=O)c2ccc(Cl)cc2C(F)(F)F)cc1. The van der Waals surface area contributed by atoms with E-state index < -0.39 is 26.7 Å². The fourth-order valence-electron chi connectivity index (χ4n) is 2.33. The predicted octanol–water partition coefficient (Wildman–Crippen LogP) is 3.95. The van der Waals surface area contributed by atoms with Gasteiger partial charge in [-0.25, -0.2) is 13.1 Å². The van der Waals surface area contributed by atoms with Crippen LogP contribution < -0.4 is 9.62 Å². The summed E-state index contributed by atoms with van der Waals surface area (Å²) in [6.45, 7) is -0.0242. The topological polar surface area (TPSA) is 49.4 Å². The van der Waals surface area contributed by atoms with Crippen LogP contribution in [0.5, 0.6) is 0 Å². The van der Waals surface area contributed by atoms with Gasteiger partial charge >= 0.3 is 6.18 Å². The first-order valence-corrected chi connectivity index (χ1v) is 9.49. The van der Waals surface area contributed by atoms with E-state index in [1.807, 2.05) is 43.3 Å². The summed E-state index contributed by atoms with van der Waals surface area (Å²) in [5.41, 5.74) is 0.573. The first kappa shape index (κ1) is 20.5. The summed E-state index contributed by atoms with van der Waals surface area (Å²) in [6, 6.07) is 10.0. The Morgan fingerprint density at radius 1 is 1.08 bits per heavy atom. The molecule has 2 aromatic carbocycles. The quantitative estimate of drug-likeness (QED) is 0.790. The average molecular weight is 407 g/mol. The Balaban J connectivity index is 2.12. The van der Waals surface area contributed by atoms with E-state index in [0.717, 1.165) is 23.4 Å². The highest BCUT2D eigenvalue weighted by atomic mass is 35.5. The Labute approximate surface area is 155 Å². The van der Waals surface area contributed by atoms with Crippen molar-refractivity contribution in [1.29, 1.82) is 0 Å². The molecule has 2 aromatic rings. The lowest BCUT2D eigenvalue weighted by atomic mass is 10.1. The highest BCUT2D eigenvalue weighted by molar-refractivity contribution is 7.89. The third-order valence-corrected chi connectivity index (χ3v) is 5.45. The minimum atomic E-state index is -4.82. The molecule has 142 valence electrons. The Morgan fingerprint density at radius 2 is 1.69 bits per heavy atom. The van der Waals surface area contributed by atoms with Gasteiger partial charge in [0, 0.05) is 31.4 Å². The highest BCUT2D eigenvalue weighted by Crippen LogP contribution is 2.35. The van der Waals surface area contributed by atoms with Crippen LogP contribution in [0.15, 0.2) is 47.4 Å². The van der Waals surface area contributed by atoms with Crippen LogP contribution >= 0.6 is 11.6 Å². The molecule has 0 fully saturated rings. The van der Waals surface area contributed by atoms with E-state index in [1.165, 1.54) is 0 Å². The van der Waals surface area contributed by atoms with Gasteiger partial charge in [0.1, 0.15) is 0 Å². The second-order valence-corrected chi connectivity index (χ2v) is 8.02. The van der Waals surface area contributed by atoms with Crippen LogP contribution in [0, 0.1) is 0 Å². The van der Waals surface area contributed by atoms with Crippen molar-refractivity contribution in [3.8, 4) is 0 Å². The molecule has 1 N–H and O–H groups in total. The molecule has 0 aliphatic rings. The standard InChI is InChI=1S/C17H18ClF3N2O2S/c1-23(2)14-6-3-12(4-7-14)9-10-22-26(24,25)16-8-5-13(18)11-15(16)17(19,20)21/h3-8,11,22H,9-10H2,1-2H3. The number of benzene rings is 2. The number of hydrogen-bond donors (Lipinski definition) is 1. The van der Waals surface area contributed by atoms with Gasteiger partial charge in [0.2, 0.25) is 10.0 Å². The zero-order chi connectivity index (χ0) is 19.5. The molecule has 0 aliphatic heterocycles. The van der Waals surface area contributed by atoms with Crippen molar-refractivity contribution >= 4 is 27.3 Å². The lowest BCUT2D eigenvalue weighted by Crippen LogP contribution is -2.28. The predicted molar refractivity (Wildman–Crippen MR) is 96.1 cm³/mol. The van der Waals surface area contributed by atoms with Crippen LogP contribution in [0.4, 0.5) is 18.9 Å². The molecular weight excluding hydrogens is 389 g/mol. The van der Waals surface area contributed by atoms with E-state index in [9.17, 15) is 21.6 Å². The third kappa shape index (κ3) is 5.12. The first-order valence-electron chi connectivity index (χ1n) is 7.63. The van der Waals surface area contributed by atoms with Crippen molar-refractivity contribution in [2.24, 2.45) is 0 Å². The van der Waals surface area contributed by atoms with Gasteiger partial charge in [-0.15, -0.1) is 0 Å². The van der Waals surface area contributed by atoms with Crippen LogP contribution in [-0.2, 0) is 22.6 Å². The maximum absolute atomic E-state index is 13.1. The molecule has 0 saturated carbocycles. The minimum absolute atomic E-state index is 0.0242. The van der Waals surface area contributed by atoms with E-state index in [-0.39, 0.29) is 11.6 Å². The Morgan fingerprint density at radius 3 is 2.23 bits per heavy atom. The molecule has 0 atom stereocenters. The fourth-order valence-corrected chi connectivity index (χ4v) is 3.74. The van der Waals surface area contributed by atoms with Crippen LogP contribution in [0.25, 0.3) is 0 Å². The monoisotopic (exact) mass is 406 g/mol. The first-order chi connectivity index (χ1) is 12.0. The molecule has 0 heterocycles. The second kappa shape index (κ2) is 7.85. The summed E-state index contributed by atoms with van der Waals surface area (Å²) in [4.78, 5) is 1.09. The van der Waals surface area contributed by atoms with Gasteiger partial charge < -0.3 is 4.90 Å². The van der Waals surface area contributed by atoms with Crippen molar-refractivity contribution in [3.63, 3.8) is 0 Å². The number of halogens is 4. The van der Waals surface area contributed by atoms with Crippen molar-refractivity contribution < 1.29 is 21.6 Å². The van der Waals surface area contributed by atoms with Gasteiger partial charge in [-0.05, 0) is 42.3 Å². The summed E-state index contributed by atoms with van der Waals surface area (Å²) in [5, 5.41) is -0.183. The lowest BCUT2D eigenvalue weighted by Gasteiger charge is -2.15. The van der Waals surface area contributed by atoms with E-state index >= 15 is 0 Å². The van der Waals surface area contributed by atoms with Crippen LogP contribution in [0.2, 0.25) is 5.02 Å². The molecule has 0 unspecified atom stereocenters. The maximum Gasteiger partial charge on any atom is 0.417 e. The zero-order valence-corrected chi connectivity index (χ0v) is 15.7. The van der Waals surface area contributed by atoms with Crippen LogP contribution in [-0.4, -0.2) is 29.1 Å². The molecule has 9 heteroatoms. The molecule has 0 aliphatic carbocycles. The molecule has 0 amide bonds. The zero-order valence-electron chi connectivity index (χ0n) is 14.1. The molecule has 0 spiro atoms. The van der Waals surface area contributed by atoms with Gasteiger partial charge in [-0.3, -0.25) is 0 Å². The van der Waals surface area contributed by atoms with Gasteiger partial charge in [0.15, 0.2) is 0 Å². The third-order valence-electron chi connectivity index (χ3n) is 3.70. The molecule has 0 aromatic heterocycles. The number of sulfonamides is 1. The lowest BCUT2D eigenvalue weighted by molar-refractivity contribution is -0.139. The molecule has 2 rings (SSSR count). The minimum Gasteiger partial charge on any atom is -0.378 e. The van der Waals surface area contributed by atoms with Crippen LogP contribution in [0.1, 0.15) is 11.1 Å². The number of hydrogen-bond acceptors (Lipinski definition) is 3. The number of nitrogens with zero attached hydrogens (tertiary/aromatic N) is 1. The Bertz CT molecular complexity index is 867. The number of rotatable bonds is 6. The summed E-state index contributed by atoms with van der Waals surface area (Å²) < 4.78 is 66.1. The highest BCUT2D eigenvalue weighted by Gasteiger charge is 2.37. The number of alkyl halides is 3. The van der Waals surface area contributed by atoms with Gasteiger partial charge in [0.25, 0.3) is 0 Å². The normalized spacial score (nSPS) is 12.2. The average Bonchev–Trinajstić information content (AvgIpc) is 2.54. The molecule has 0 bridgehead atoms. The van der Waals surface area contributed by atoms with Gasteiger partial charge in [-0.2, -0.15) is 13.2 Å². The second-order valence-electron chi connectivity index (χ2n) is 5.85. The van der Waals surface area contributed by atoms with Crippen molar-refractivity contribution in [1.82, 2.24) is 4.72 Å². The van der Waals surface area contributed by atoms with Gasteiger partial charge in [0.05, 0.1) is 10.5 Å². The Kier molecular flexibility index (Phi) is 6.21. The van der Waals surface area contributed by atoms with E-state index in [1.54, 1.807) is 0 Å². The number of anilines is 1. The Hall–Kier alpha value is -1.77. The summed E-state index contributed by atoms with van der Waals surface area (Å²) >= 11 is 5.57. The van der Waals surface area contributed by atoms with E-state index in [0.29, 0.717) is 12.5 Å². The smallest absolute Gasteiger partial charge is 0.378 e. The molecule has 4 nitrogen and oxygen atoms in total. The molecule has 26 heavy (non-hydrogen) atoms. The largest absolute Gasteiger partial charge is 0.417 e. The summed E-state index contributed by atoms with van der Waals surface area (Å²) in [7, 11) is -0.527. The van der Waals surface area contributed by atoms with Crippen LogP contribution in [0.3, 0.4) is 0 Å².